The molecule has 5 rings (SSSR count). The van der Waals surface area contributed by atoms with Crippen LogP contribution in [0.25, 0.3) is 10.9 Å². The Morgan fingerprint density at radius 2 is 2.10 bits per heavy atom. The Balaban J connectivity index is 1.08. The van der Waals surface area contributed by atoms with Crippen LogP contribution in [0.5, 0.6) is 0 Å². The fraction of sp³-hybridized carbons (Fsp3) is 0.500. The normalized spacial score (nSPS) is 18.4. The van der Waals surface area contributed by atoms with Crippen molar-refractivity contribution in [1.29, 1.82) is 0 Å². The summed E-state index contributed by atoms with van der Waals surface area (Å²) >= 11 is 0. The van der Waals surface area contributed by atoms with E-state index in [-0.39, 0.29) is 35.9 Å². The molecule has 2 aromatic heterocycles. The zero-order chi connectivity index (χ0) is 27.2. The van der Waals surface area contributed by atoms with Crippen molar-refractivity contribution in [3.05, 3.63) is 53.5 Å². The van der Waals surface area contributed by atoms with Gasteiger partial charge in [0.25, 0.3) is 0 Å². The monoisotopic (exact) mass is 540 g/mol. The molecule has 0 spiro atoms. The molecule has 39 heavy (non-hydrogen) atoms. The molecule has 3 N–H and O–H groups in total. The van der Waals surface area contributed by atoms with Crippen molar-refractivity contribution in [3.63, 3.8) is 0 Å². The molecule has 0 aliphatic carbocycles. The summed E-state index contributed by atoms with van der Waals surface area (Å²) in [5.41, 5.74) is 2.61. The highest BCUT2D eigenvalue weighted by atomic mass is 19.2. The number of halogens is 2. The Bertz CT molecular complexity index is 1310. The molecule has 0 radical (unpaired) electrons. The van der Waals surface area contributed by atoms with Gasteiger partial charge in [-0.15, -0.1) is 0 Å². The van der Waals surface area contributed by atoms with Crippen LogP contribution < -0.4 is 10.6 Å². The van der Waals surface area contributed by atoms with Gasteiger partial charge in [0.05, 0.1) is 11.6 Å². The van der Waals surface area contributed by atoms with Crippen molar-refractivity contribution in [1.82, 2.24) is 19.9 Å². The van der Waals surface area contributed by atoms with Gasteiger partial charge in [-0.25, -0.2) is 28.5 Å². The van der Waals surface area contributed by atoms with E-state index in [0.717, 1.165) is 88.3 Å². The molecule has 2 aliphatic rings. The molecule has 1 saturated heterocycles. The number of aliphatic carboxylic acids is 1. The predicted molar refractivity (Wildman–Crippen MR) is 144 cm³/mol. The van der Waals surface area contributed by atoms with Crippen molar-refractivity contribution < 1.29 is 23.4 Å². The van der Waals surface area contributed by atoms with Crippen LogP contribution in [0.15, 0.2) is 30.6 Å². The second-order valence-electron chi connectivity index (χ2n) is 10.2. The van der Waals surface area contributed by atoms with E-state index in [4.69, 9.17) is 9.72 Å². The number of hydrogen-bond donors (Lipinski definition) is 3. The lowest BCUT2D eigenvalue weighted by atomic mass is 10.1. The SMILES string of the molecule is O=C(O)[C@H](CCO[C@@H]1CCCN(CCCc2ccc3c(n2)NCCC3)C1)Nc1ncnc2cc(F)c(F)cc12. The third kappa shape index (κ3) is 6.96. The first kappa shape index (κ1) is 27.1. The van der Waals surface area contributed by atoms with Gasteiger partial charge in [-0.3, -0.25) is 0 Å². The van der Waals surface area contributed by atoms with E-state index < -0.39 is 23.6 Å². The van der Waals surface area contributed by atoms with Gasteiger partial charge in [0.2, 0.25) is 0 Å². The molecule has 0 unspecified atom stereocenters. The minimum Gasteiger partial charge on any atom is -0.480 e. The second kappa shape index (κ2) is 12.6. The van der Waals surface area contributed by atoms with Gasteiger partial charge in [0, 0.05) is 43.3 Å². The number of ether oxygens (including phenoxy) is 1. The zero-order valence-corrected chi connectivity index (χ0v) is 21.8. The van der Waals surface area contributed by atoms with Crippen molar-refractivity contribution in [2.75, 3.05) is 43.4 Å². The summed E-state index contributed by atoms with van der Waals surface area (Å²) < 4.78 is 33.4. The Morgan fingerprint density at radius 1 is 1.23 bits per heavy atom. The molecule has 0 saturated carbocycles. The largest absolute Gasteiger partial charge is 0.480 e. The lowest BCUT2D eigenvalue weighted by Crippen LogP contribution is -2.41. The molecule has 0 amide bonds. The van der Waals surface area contributed by atoms with E-state index >= 15 is 0 Å². The van der Waals surface area contributed by atoms with E-state index in [2.05, 4.69) is 37.6 Å². The summed E-state index contributed by atoms with van der Waals surface area (Å²) in [5, 5.41) is 16.2. The molecule has 11 heteroatoms. The number of aromatic nitrogens is 3. The van der Waals surface area contributed by atoms with Crippen LogP contribution in [0.2, 0.25) is 0 Å². The molecular formula is C28H34F2N6O3. The van der Waals surface area contributed by atoms with E-state index in [1.165, 1.54) is 11.9 Å². The number of nitrogens with zero attached hydrogens (tertiary/aromatic N) is 4. The zero-order valence-electron chi connectivity index (χ0n) is 21.8. The number of carbonyl (C=O) groups is 1. The van der Waals surface area contributed by atoms with Gasteiger partial charge in [0.1, 0.15) is 24.0 Å². The molecular weight excluding hydrogens is 506 g/mol. The van der Waals surface area contributed by atoms with Crippen molar-refractivity contribution in [2.24, 2.45) is 0 Å². The van der Waals surface area contributed by atoms with Gasteiger partial charge < -0.3 is 25.4 Å². The molecule has 0 bridgehead atoms. The van der Waals surface area contributed by atoms with Crippen LogP contribution in [-0.4, -0.2) is 75.9 Å². The average Bonchev–Trinajstić information content (AvgIpc) is 2.93. The Kier molecular flexibility index (Phi) is 8.77. The average molecular weight is 541 g/mol. The summed E-state index contributed by atoms with van der Waals surface area (Å²) in [7, 11) is 0. The van der Waals surface area contributed by atoms with Crippen molar-refractivity contribution in [2.45, 2.75) is 57.1 Å². The highest BCUT2D eigenvalue weighted by molar-refractivity contribution is 5.90. The number of likely N-dealkylation sites (tertiary alicyclic amines) is 1. The first-order valence-corrected chi connectivity index (χ1v) is 13.6. The van der Waals surface area contributed by atoms with E-state index in [0.29, 0.717) is 0 Å². The third-order valence-electron chi connectivity index (χ3n) is 7.37. The number of hydrogen-bond acceptors (Lipinski definition) is 8. The molecule has 1 aromatic carbocycles. The van der Waals surface area contributed by atoms with E-state index in [1.54, 1.807) is 0 Å². The molecule has 1 fully saturated rings. The first-order chi connectivity index (χ1) is 19.0. The maximum atomic E-state index is 13.8. The fourth-order valence-corrected chi connectivity index (χ4v) is 5.29. The topological polar surface area (TPSA) is 112 Å². The number of piperidine rings is 1. The minimum absolute atomic E-state index is 0.0382. The lowest BCUT2D eigenvalue weighted by molar-refractivity contribution is -0.138. The van der Waals surface area contributed by atoms with E-state index in [9.17, 15) is 18.7 Å². The number of carboxylic acid groups (broad SMARTS) is 1. The number of rotatable bonds is 11. The van der Waals surface area contributed by atoms with Gasteiger partial charge >= 0.3 is 5.97 Å². The number of nitrogens with one attached hydrogen (secondary N) is 2. The summed E-state index contributed by atoms with van der Waals surface area (Å²) in [6.07, 6.45) is 7.57. The van der Waals surface area contributed by atoms with Gasteiger partial charge in [0.15, 0.2) is 11.6 Å². The maximum absolute atomic E-state index is 13.8. The molecule has 208 valence electrons. The van der Waals surface area contributed by atoms with Gasteiger partial charge in [-0.1, -0.05) is 6.07 Å². The summed E-state index contributed by atoms with van der Waals surface area (Å²) in [6, 6.07) is 5.26. The number of aryl methyl sites for hydroxylation is 2. The molecule has 3 aromatic rings. The molecule has 9 nitrogen and oxygen atoms in total. The van der Waals surface area contributed by atoms with Crippen LogP contribution in [0.4, 0.5) is 20.4 Å². The predicted octanol–water partition coefficient (Wildman–Crippen LogP) is 4.03. The van der Waals surface area contributed by atoms with Crippen molar-refractivity contribution in [3.8, 4) is 0 Å². The minimum atomic E-state index is -1.08. The second-order valence-corrected chi connectivity index (χ2v) is 10.2. The van der Waals surface area contributed by atoms with E-state index in [1.807, 2.05) is 0 Å². The third-order valence-corrected chi connectivity index (χ3v) is 7.37. The highest BCUT2D eigenvalue weighted by Gasteiger charge is 2.23. The summed E-state index contributed by atoms with van der Waals surface area (Å²) in [5.74, 6) is -1.98. The van der Waals surface area contributed by atoms with Crippen LogP contribution in [-0.2, 0) is 22.4 Å². The van der Waals surface area contributed by atoms with Crippen LogP contribution in [0.1, 0.15) is 43.4 Å². The lowest BCUT2D eigenvalue weighted by Gasteiger charge is -2.32. The number of pyridine rings is 1. The van der Waals surface area contributed by atoms with Crippen LogP contribution >= 0.6 is 0 Å². The fourth-order valence-electron chi connectivity index (χ4n) is 5.29. The number of anilines is 2. The molecule has 2 atom stereocenters. The van der Waals surface area contributed by atoms with Crippen LogP contribution in [0.3, 0.4) is 0 Å². The Morgan fingerprint density at radius 3 is 2.97 bits per heavy atom. The van der Waals surface area contributed by atoms with Crippen LogP contribution in [0, 0.1) is 11.6 Å². The standard InChI is InChI=1S/C28H34F2N6O3/c29-22-14-21-25(15-23(22)30)32-17-33-27(21)35-24(28(37)38)9-13-39-20-6-3-12-36(16-20)11-2-5-19-8-7-18-4-1-10-31-26(18)34-19/h7-8,14-15,17,20,24H,1-6,9-13,16H2,(H,31,34)(H,37,38)(H,32,33,35)/t20-,24+/m1/s1. The Hall–Kier alpha value is -3.44. The molecule has 4 heterocycles. The van der Waals surface area contributed by atoms with Gasteiger partial charge in [-0.05, 0) is 69.3 Å². The number of carboxylic acids is 1. The maximum Gasteiger partial charge on any atom is 0.326 e. The quantitative estimate of drug-likeness (QED) is 0.332. The first-order valence-electron chi connectivity index (χ1n) is 13.6. The summed E-state index contributed by atoms with van der Waals surface area (Å²) in [4.78, 5) is 27.1. The summed E-state index contributed by atoms with van der Waals surface area (Å²) in [6.45, 7) is 4.03. The Labute approximate surface area is 226 Å². The van der Waals surface area contributed by atoms with Crippen molar-refractivity contribution >= 4 is 28.5 Å². The number of fused-ring (bicyclic) bond motifs is 2. The van der Waals surface area contributed by atoms with Gasteiger partial charge in [-0.2, -0.15) is 0 Å². The highest BCUT2D eigenvalue weighted by Crippen LogP contribution is 2.24. The molecule has 2 aliphatic heterocycles. The smallest absolute Gasteiger partial charge is 0.326 e. The number of benzene rings is 1.